The van der Waals surface area contributed by atoms with Crippen LogP contribution >= 0.6 is 0 Å². The second-order valence-corrected chi connectivity index (χ2v) is 5.25. The first kappa shape index (κ1) is 16.3. The van der Waals surface area contributed by atoms with Gasteiger partial charge in [-0.25, -0.2) is 4.39 Å². The molecule has 1 N–H and O–H groups in total. The van der Waals surface area contributed by atoms with Gasteiger partial charge >= 0.3 is 5.69 Å². The summed E-state index contributed by atoms with van der Waals surface area (Å²) in [6.07, 6.45) is 0.550. The normalized spacial score (nSPS) is 13.1. The molecule has 0 saturated carbocycles. The summed E-state index contributed by atoms with van der Waals surface area (Å²) in [5, 5.41) is 13.4. The number of ether oxygens (including phenoxy) is 1. The van der Waals surface area contributed by atoms with Gasteiger partial charge < -0.3 is 10.1 Å². The Hall–Kier alpha value is -1.76. The van der Waals surface area contributed by atoms with E-state index in [-0.39, 0.29) is 11.7 Å². The van der Waals surface area contributed by atoms with E-state index in [9.17, 15) is 18.9 Å². The highest BCUT2D eigenvalue weighted by Crippen LogP contribution is 2.27. The molecule has 1 aromatic carbocycles. The lowest BCUT2D eigenvalue weighted by molar-refractivity contribution is -0.387. The van der Waals surface area contributed by atoms with Gasteiger partial charge in [0.25, 0.3) is 0 Å². The number of hydrogen-bond acceptors (Lipinski definition) is 4. The number of nitro groups is 1. The fourth-order valence-corrected chi connectivity index (χ4v) is 1.93. The van der Waals surface area contributed by atoms with Crippen LogP contribution in [0.1, 0.15) is 27.2 Å². The van der Waals surface area contributed by atoms with Gasteiger partial charge in [0.05, 0.1) is 16.2 Å². The predicted molar refractivity (Wildman–Crippen MR) is 71.8 cm³/mol. The zero-order chi connectivity index (χ0) is 15.5. The third-order valence-electron chi connectivity index (χ3n) is 2.99. The van der Waals surface area contributed by atoms with E-state index < -0.39 is 27.8 Å². The molecule has 0 saturated heterocycles. The van der Waals surface area contributed by atoms with Gasteiger partial charge in [-0.1, -0.05) is 0 Å². The average molecular weight is 288 g/mol. The van der Waals surface area contributed by atoms with E-state index in [4.69, 9.17) is 4.74 Å². The summed E-state index contributed by atoms with van der Waals surface area (Å²) in [6, 6.07) is 1.17. The molecule has 0 aliphatic carbocycles. The highest BCUT2D eigenvalue weighted by atomic mass is 19.1. The van der Waals surface area contributed by atoms with Crippen molar-refractivity contribution in [1.82, 2.24) is 0 Å². The molecule has 7 heteroatoms. The summed E-state index contributed by atoms with van der Waals surface area (Å²) in [7, 11) is 1.57. The minimum absolute atomic E-state index is 0.0995. The summed E-state index contributed by atoms with van der Waals surface area (Å²) in [4.78, 5) is 9.76. The van der Waals surface area contributed by atoms with E-state index in [1.165, 1.54) is 0 Å². The van der Waals surface area contributed by atoms with Gasteiger partial charge in [0.2, 0.25) is 5.82 Å². The van der Waals surface area contributed by atoms with Crippen molar-refractivity contribution in [3.63, 3.8) is 0 Å². The molecule has 20 heavy (non-hydrogen) atoms. The summed E-state index contributed by atoms with van der Waals surface area (Å²) in [6.45, 7) is 5.53. The molecule has 0 heterocycles. The molecule has 1 rings (SSSR count). The smallest absolute Gasteiger partial charge is 0.307 e. The molecule has 0 aromatic heterocycles. The third kappa shape index (κ3) is 4.12. The molecule has 1 unspecified atom stereocenters. The van der Waals surface area contributed by atoms with Gasteiger partial charge in [0.1, 0.15) is 5.82 Å². The van der Waals surface area contributed by atoms with Crippen molar-refractivity contribution in [3.8, 4) is 0 Å². The summed E-state index contributed by atoms with van der Waals surface area (Å²) in [5.74, 6) is -2.06. The summed E-state index contributed by atoms with van der Waals surface area (Å²) in [5.41, 5.74) is -1.28. The Labute approximate surface area is 116 Å². The van der Waals surface area contributed by atoms with Crippen molar-refractivity contribution in [2.24, 2.45) is 0 Å². The number of nitrogens with zero attached hydrogens (tertiary/aromatic N) is 1. The van der Waals surface area contributed by atoms with E-state index in [2.05, 4.69) is 5.32 Å². The first-order valence-electron chi connectivity index (χ1n) is 6.11. The topological polar surface area (TPSA) is 64.4 Å². The first-order valence-corrected chi connectivity index (χ1v) is 6.11. The van der Waals surface area contributed by atoms with Crippen LogP contribution in [0.2, 0.25) is 0 Å². The molecule has 1 aromatic rings. The highest BCUT2D eigenvalue weighted by Gasteiger charge is 2.23. The fourth-order valence-electron chi connectivity index (χ4n) is 1.93. The van der Waals surface area contributed by atoms with Crippen LogP contribution in [-0.4, -0.2) is 23.7 Å². The maximum absolute atomic E-state index is 13.6. The Morgan fingerprint density at radius 2 is 2.00 bits per heavy atom. The Morgan fingerprint density at radius 3 is 2.50 bits per heavy atom. The number of rotatable bonds is 6. The largest absolute Gasteiger partial charge is 0.380 e. The number of anilines is 1. The maximum Gasteiger partial charge on any atom is 0.307 e. The number of methoxy groups -OCH3 is 1. The van der Waals surface area contributed by atoms with Crippen molar-refractivity contribution in [3.05, 3.63) is 33.9 Å². The molecule has 0 spiro atoms. The van der Waals surface area contributed by atoms with E-state index >= 15 is 0 Å². The van der Waals surface area contributed by atoms with E-state index in [0.29, 0.717) is 12.5 Å². The lowest BCUT2D eigenvalue weighted by Crippen LogP contribution is -2.31. The minimum Gasteiger partial charge on any atom is -0.380 e. The molecule has 0 aliphatic rings. The van der Waals surface area contributed by atoms with E-state index in [1.807, 2.05) is 13.8 Å². The number of hydrogen-bond donors (Lipinski definition) is 1. The van der Waals surface area contributed by atoms with E-state index in [0.717, 1.165) is 6.07 Å². The van der Waals surface area contributed by atoms with Crippen molar-refractivity contribution in [2.45, 2.75) is 38.8 Å². The van der Waals surface area contributed by atoms with Gasteiger partial charge in [-0.3, -0.25) is 10.1 Å². The maximum atomic E-state index is 13.6. The van der Waals surface area contributed by atoms with Crippen LogP contribution in [0.3, 0.4) is 0 Å². The molecule has 0 amide bonds. The van der Waals surface area contributed by atoms with Crippen LogP contribution in [0, 0.1) is 21.7 Å². The van der Waals surface area contributed by atoms with Crippen molar-refractivity contribution in [2.75, 3.05) is 12.4 Å². The minimum atomic E-state index is -1.19. The van der Waals surface area contributed by atoms with Crippen molar-refractivity contribution in [1.29, 1.82) is 0 Å². The number of nitrogens with one attached hydrogen (secondary N) is 1. The van der Waals surface area contributed by atoms with Gasteiger partial charge in [0.15, 0.2) is 0 Å². The van der Waals surface area contributed by atoms with Gasteiger partial charge in [-0.2, -0.15) is 4.39 Å². The molecule has 0 aliphatic heterocycles. The predicted octanol–water partition coefficient (Wildman–Crippen LogP) is 3.49. The van der Waals surface area contributed by atoms with Crippen LogP contribution in [0.5, 0.6) is 0 Å². The zero-order valence-electron chi connectivity index (χ0n) is 11.9. The van der Waals surface area contributed by atoms with Crippen LogP contribution in [0.4, 0.5) is 20.2 Å². The molecule has 5 nitrogen and oxygen atoms in total. The molecular formula is C13H18F2N2O3. The molecule has 112 valence electrons. The lowest BCUT2D eigenvalue weighted by atomic mass is 9.99. The van der Waals surface area contributed by atoms with Crippen LogP contribution in [0.15, 0.2) is 12.1 Å². The molecule has 0 fully saturated rings. The second kappa shape index (κ2) is 6.13. The molecule has 0 bridgehead atoms. The fraction of sp³-hybridized carbons (Fsp3) is 0.538. The van der Waals surface area contributed by atoms with Gasteiger partial charge in [0, 0.05) is 25.3 Å². The average Bonchev–Trinajstić information content (AvgIpc) is 2.31. The zero-order valence-corrected chi connectivity index (χ0v) is 11.9. The lowest BCUT2D eigenvalue weighted by Gasteiger charge is -2.27. The second-order valence-electron chi connectivity index (χ2n) is 5.25. The summed E-state index contributed by atoms with van der Waals surface area (Å²) < 4.78 is 32.1. The molecule has 1 atom stereocenters. The Morgan fingerprint density at radius 1 is 1.40 bits per heavy atom. The van der Waals surface area contributed by atoms with Crippen molar-refractivity contribution < 1.29 is 18.4 Å². The summed E-state index contributed by atoms with van der Waals surface area (Å²) >= 11 is 0. The first-order chi connectivity index (χ1) is 9.16. The molecule has 0 radical (unpaired) electrons. The Kier molecular flexibility index (Phi) is 4.99. The third-order valence-corrected chi connectivity index (χ3v) is 2.99. The Bertz CT molecular complexity index is 507. The Balaban J connectivity index is 2.92. The number of nitro benzene ring substituents is 1. The van der Waals surface area contributed by atoms with Crippen LogP contribution < -0.4 is 5.32 Å². The monoisotopic (exact) mass is 288 g/mol. The number of benzene rings is 1. The number of halogens is 2. The van der Waals surface area contributed by atoms with Crippen molar-refractivity contribution >= 4 is 11.4 Å². The van der Waals surface area contributed by atoms with Crippen LogP contribution in [-0.2, 0) is 4.74 Å². The highest BCUT2D eigenvalue weighted by molar-refractivity contribution is 5.53. The van der Waals surface area contributed by atoms with Gasteiger partial charge in [-0.05, 0) is 27.2 Å². The quantitative estimate of drug-likeness (QED) is 0.643. The SMILES string of the molecule is COC(C)(C)CC(C)Nc1cc([N+](=O)[O-])c(F)cc1F. The van der Waals surface area contributed by atoms with E-state index in [1.54, 1.807) is 14.0 Å². The van der Waals surface area contributed by atoms with Crippen LogP contribution in [0.25, 0.3) is 0 Å². The standard InChI is InChI=1S/C13H18F2N2O3/c1-8(7-13(2,3)20-4)16-11-6-12(17(18)19)10(15)5-9(11)14/h5-6,8,16H,7H2,1-4H3. The van der Waals surface area contributed by atoms with Gasteiger partial charge in [-0.15, -0.1) is 0 Å². The molecular weight excluding hydrogens is 270 g/mol.